The SMILES string of the molecule is CC(=O)NCc1cc(C2CN(C(C)C(=O)Nc3ccc(Oc4ccc(F)cc4F)cn3)CCC2(F)F)cc[n+]1[O-]. The van der Waals surface area contributed by atoms with E-state index in [1.54, 1.807) is 11.8 Å². The maximum absolute atomic E-state index is 15.0. The van der Waals surface area contributed by atoms with Crippen LogP contribution in [-0.2, 0) is 16.1 Å². The summed E-state index contributed by atoms with van der Waals surface area (Å²) in [4.78, 5) is 29.8. The summed E-state index contributed by atoms with van der Waals surface area (Å²) in [7, 11) is 0. The number of ether oxygens (including phenoxy) is 1. The molecular weight excluding hydrogens is 534 g/mol. The van der Waals surface area contributed by atoms with Gasteiger partial charge in [-0.3, -0.25) is 14.5 Å². The monoisotopic (exact) mass is 561 g/mol. The highest BCUT2D eigenvalue weighted by Crippen LogP contribution is 2.41. The Bertz CT molecular complexity index is 1390. The van der Waals surface area contributed by atoms with Crippen molar-refractivity contribution in [3.8, 4) is 11.5 Å². The van der Waals surface area contributed by atoms with Gasteiger partial charge in [0.15, 0.2) is 17.8 Å². The fraction of sp³-hybridized carbons (Fsp3) is 0.333. The van der Waals surface area contributed by atoms with Crippen LogP contribution in [0.25, 0.3) is 0 Å². The predicted octanol–water partition coefficient (Wildman–Crippen LogP) is 3.87. The maximum atomic E-state index is 15.0. The van der Waals surface area contributed by atoms with Crippen LogP contribution in [0.2, 0.25) is 0 Å². The van der Waals surface area contributed by atoms with Crippen LogP contribution < -0.4 is 20.1 Å². The molecule has 9 nitrogen and oxygen atoms in total. The van der Waals surface area contributed by atoms with Gasteiger partial charge in [-0.25, -0.2) is 22.5 Å². The number of halogens is 4. The average molecular weight is 562 g/mol. The van der Waals surface area contributed by atoms with Crippen molar-refractivity contribution in [2.45, 2.75) is 44.7 Å². The Morgan fingerprint density at radius 2 is 2.00 bits per heavy atom. The Balaban J connectivity index is 1.41. The number of anilines is 1. The Morgan fingerprint density at radius 3 is 2.67 bits per heavy atom. The van der Waals surface area contributed by atoms with Crippen LogP contribution in [0.3, 0.4) is 0 Å². The van der Waals surface area contributed by atoms with E-state index in [0.717, 1.165) is 18.3 Å². The first kappa shape index (κ1) is 28.7. The van der Waals surface area contributed by atoms with Crippen molar-refractivity contribution in [3.63, 3.8) is 0 Å². The number of hydrogen-bond donors (Lipinski definition) is 2. The number of amides is 2. The lowest BCUT2D eigenvalue weighted by molar-refractivity contribution is -0.614. The smallest absolute Gasteiger partial charge is 0.257 e. The second kappa shape index (κ2) is 11.9. The third-order valence-electron chi connectivity index (χ3n) is 6.64. The highest BCUT2D eigenvalue weighted by Gasteiger charge is 2.46. The second-order valence-corrected chi connectivity index (χ2v) is 9.47. The number of piperidine rings is 1. The number of likely N-dealkylation sites (tertiary alicyclic amines) is 1. The van der Waals surface area contributed by atoms with Crippen LogP contribution >= 0.6 is 0 Å². The molecule has 1 saturated heterocycles. The molecule has 40 heavy (non-hydrogen) atoms. The van der Waals surface area contributed by atoms with E-state index in [0.29, 0.717) is 10.8 Å². The van der Waals surface area contributed by atoms with Gasteiger partial charge in [0.05, 0.1) is 18.2 Å². The Hall–Kier alpha value is -4.26. The number of nitrogens with zero attached hydrogens (tertiary/aromatic N) is 3. The van der Waals surface area contributed by atoms with Gasteiger partial charge in [0, 0.05) is 44.6 Å². The Morgan fingerprint density at radius 1 is 1.23 bits per heavy atom. The van der Waals surface area contributed by atoms with Gasteiger partial charge in [0.1, 0.15) is 23.9 Å². The van der Waals surface area contributed by atoms with Crippen LogP contribution in [0.4, 0.5) is 23.4 Å². The molecule has 1 aromatic carbocycles. The highest BCUT2D eigenvalue weighted by molar-refractivity contribution is 5.93. The average Bonchev–Trinajstić information content (AvgIpc) is 2.90. The van der Waals surface area contributed by atoms with Crippen LogP contribution in [-0.4, -0.2) is 46.8 Å². The van der Waals surface area contributed by atoms with Gasteiger partial charge in [0.25, 0.3) is 5.92 Å². The highest BCUT2D eigenvalue weighted by atomic mass is 19.3. The van der Waals surface area contributed by atoms with E-state index < -0.39 is 41.8 Å². The number of carbonyl (C=O) groups is 2. The first-order valence-electron chi connectivity index (χ1n) is 12.4. The van der Waals surface area contributed by atoms with E-state index in [9.17, 15) is 32.4 Å². The molecule has 13 heteroatoms. The zero-order chi connectivity index (χ0) is 29.0. The summed E-state index contributed by atoms with van der Waals surface area (Å²) in [5.41, 5.74) is 0.344. The molecule has 3 aromatic rings. The van der Waals surface area contributed by atoms with Crippen LogP contribution in [0.5, 0.6) is 11.5 Å². The van der Waals surface area contributed by atoms with E-state index in [4.69, 9.17) is 4.74 Å². The summed E-state index contributed by atoms with van der Waals surface area (Å²) >= 11 is 0. The molecule has 2 aromatic heterocycles. The quantitative estimate of drug-likeness (QED) is 0.246. The minimum Gasteiger partial charge on any atom is -0.618 e. The number of hydrogen-bond acceptors (Lipinski definition) is 6. The summed E-state index contributed by atoms with van der Waals surface area (Å²) in [6, 6.07) is 7.60. The Kier molecular flexibility index (Phi) is 8.52. The van der Waals surface area contributed by atoms with Gasteiger partial charge in [-0.05, 0) is 36.8 Å². The topological polar surface area (TPSA) is 110 Å². The molecule has 2 N–H and O–H groups in total. The molecule has 212 valence electrons. The van der Waals surface area contributed by atoms with Crippen molar-refractivity contribution in [3.05, 3.63) is 83.0 Å². The first-order valence-corrected chi connectivity index (χ1v) is 12.4. The molecule has 0 bridgehead atoms. The molecule has 0 spiro atoms. The number of nitrogens with one attached hydrogen (secondary N) is 2. The lowest BCUT2D eigenvalue weighted by Gasteiger charge is -2.40. The third-order valence-corrected chi connectivity index (χ3v) is 6.64. The van der Waals surface area contributed by atoms with Crippen molar-refractivity contribution >= 4 is 17.6 Å². The number of aromatic nitrogens is 2. The molecule has 2 atom stereocenters. The molecular formula is C27H27F4N5O4. The first-order chi connectivity index (χ1) is 18.9. The Labute approximate surface area is 227 Å². The maximum Gasteiger partial charge on any atom is 0.257 e. The molecule has 0 aliphatic carbocycles. The third kappa shape index (κ3) is 6.84. The largest absolute Gasteiger partial charge is 0.618 e. The second-order valence-electron chi connectivity index (χ2n) is 9.47. The zero-order valence-corrected chi connectivity index (χ0v) is 21.7. The van der Waals surface area contributed by atoms with Gasteiger partial charge in [-0.1, -0.05) is 0 Å². The van der Waals surface area contributed by atoms with E-state index >= 15 is 0 Å². The van der Waals surface area contributed by atoms with Gasteiger partial charge in [0.2, 0.25) is 17.5 Å². The van der Waals surface area contributed by atoms with Crippen molar-refractivity contribution in [1.29, 1.82) is 0 Å². The fourth-order valence-electron chi connectivity index (χ4n) is 4.34. The number of carbonyl (C=O) groups excluding carboxylic acids is 2. The van der Waals surface area contributed by atoms with Crippen LogP contribution in [0.15, 0.2) is 54.9 Å². The normalized spacial score (nSPS) is 17.6. The van der Waals surface area contributed by atoms with Gasteiger partial charge in [-0.15, -0.1) is 0 Å². The molecule has 2 unspecified atom stereocenters. The molecule has 1 aliphatic heterocycles. The van der Waals surface area contributed by atoms with Crippen molar-refractivity contribution in [2.24, 2.45) is 0 Å². The molecule has 2 amide bonds. The summed E-state index contributed by atoms with van der Waals surface area (Å²) in [5, 5.41) is 17.2. The van der Waals surface area contributed by atoms with Crippen LogP contribution in [0.1, 0.15) is 37.4 Å². The van der Waals surface area contributed by atoms with Crippen molar-refractivity contribution in [1.82, 2.24) is 15.2 Å². The number of pyridine rings is 2. The zero-order valence-electron chi connectivity index (χ0n) is 21.7. The lowest BCUT2D eigenvalue weighted by atomic mass is 9.86. The molecule has 0 radical (unpaired) electrons. The van der Waals surface area contributed by atoms with E-state index in [2.05, 4.69) is 15.6 Å². The summed E-state index contributed by atoms with van der Waals surface area (Å²) in [6.07, 6.45) is 1.88. The lowest BCUT2D eigenvalue weighted by Crippen LogP contribution is -2.52. The van der Waals surface area contributed by atoms with Gasteiger partial charge in [-0.2, -0.15) is 4.73 Å². The number of rotatable bonds is 8. The number of benzene rings is 1. The fourth-order valence-corrected chi connectivity index (χ4v) is 4.34. The number of alkyl halides is 2. The van der Waals surface area contributed by atoms with Crippen LogP contribution in [0, 0.1) is 16.8 Å². The standard InChI is InChI=1S/C27H27F4N5O4/c1-16(26(38)34-25-6-4-21(14-33-25)40-24-5-3-19(28)12-23(24)29)35-10-8-27(30,31)22(15-35)18-7-9-36(39)20(11-18)13-32-17(2)37/h3-7,9,11-12,14,16,22H,8,10,13,15H2,1-2H3,(H,32,37)(H,33,34,38). The minimum atomic E-state index is -3.07. The molecule has 3 heterocycles. The van der Waals surface area contributed by atoms with E-state index in [1.807, 2.05) is 0 Å². The molecule has 1 fully saturated rings. The minimum absolute atomic E-state index is 0.0331. The molecule has 0 saturated carbocycles. The summed E-state index contributed by atoms with van der Waals surface area (Å²) < 4.78 is 62.7. The van der Waals surface area contributed by atoms with E-state index in [1.165, 1.54) is 37.4 Å². The molecule has 1 aliphatic rings. The van der Waals surface area contributed by atoms with Crippen molar-refractivity contribution in [2.75, 3.05) is 18.4 Å². The van der Waals surface area contributed by atoms with Crippen molar-refractivity contribution < 1.29 is 36.6 Å². The molecule has 4 rings (SSSR count). The summed E-state index contributed by atoms with van der Waals surface area (Å²) in [6.45, 7) is 2.58. The summed E-state index contributed by atoms with van der Waals surface area (Å²) in [5.74, 6) is -6.72. The van der Waals surface area contributed by atoms with E-state index in [-0.39, 0.29) is 54.1 Å². The van der Waals surface area contributed by atoms with Gasteiger partial charge >= 0.3 is 0 Å². The predicted molar refractivity (Wildman–Crippen MR) is 136 cm³/mol. The van der Waals surface area contributed by atoms with Gasteiger partial charge < -0.3 is 20.6 Å².